The van der Waals surface area contributed by atoms with Gasteiger partial charge in [0.15, 0.2) is 10.8 Å². The average Bonchev–Trinajstić information content (AvgIpc) is 3.38. The summed E-state index contributed by atoms with van der Waals surface area (Å²) in [6.45, 7) is 0.195. The summed E-state index contributed by atoms with van der Waals surface area (Å²) in [6.07, 6.45) is 2.38. The number of carbonyl (C=O) groups is 1. The number of nitrogens with zero attached hydrogens (tertiary/aromatic N) is 4. The van der Waals surface area contributed by atoms with Gasteiger partial charge in [-0.15, -0.1) is 16.4 Å². The van der Waals surface area contributed by atoms with Gasteiger partial charge in [-0.3, -0.25) is 10.1 Å². The smallest absolute Gasteiger partial charge is 0.280 e. The molecule has 0 aliphatic heterocycles. The van der Waals surface area contributed by atoms with Crippen molar-refractivity contribution in [3.05, 3.63) is 87.6 Å². The number of amides is 1. The summed E-state index contributed by atoms with van der Waals surface area (Å²) in [5.74, 6) is -0.386. The van der Waals surface area contributed by atoms with Crippen molar-refractivity contribution in [1.29, 1.82) is 0 Å². The number of hydrogen-bond donors (Lipinski definition) is 1. The highest BCUT2D eigenvalue weighted by atomic mass is 35.5. The summed E-state index contributed by atoms with van der Waals surface area (Å²) >= 11 is 7.62. The maximum absolute atomic E-state index is 12.8. The average molecular weight is 440 g/mol. The van der Waals surface area contributed by atoms with Crippen LogP contribution in [0.1, 0.15) is 26.6 Å². The lowest BCUT2D eigenvalue weighted by Gasteiger charge is -2.07. The van der Waals surface area contributed by atoms with Crippen molar-refractivity contribution in [1.82, 2.24) is 20.0 Å². The standard InChI is InChI=1S/C21H18ClN5O2S/c1-29-13-18-19(25-26-27(18)15-8-3-2-4-9-15)20(28)24-21-23-12-16(30-21)11-14-7-5-6-10-17(14)22/h2-10,12H,11,13H2,1H3,(H,23,24,28). The van der Waals surface area contributed by atoms with Crippen LogP contribution in [0.5, 0.6) is 0 Å². The van der Waals surface area contributed by atoms with Gasteiger partial charge in [0.1, 0.15) is 5.69 Å². The van der Waals surface area contributed by atoms with Crippen molar-refractivity contribution in [3.63, 3.8) is 0 Å². The van der Waals surface area contributed by atoms with Crippen LogP contribution in [0.15, 0.2) is 60.8 Å². The van der Waals surface area contributed by atoms with Crippen LogP contribution in [0, 0.1) is 0 Å². The summed E-state index contributed by atoms with van der Waals surface area (Å²) in [5.41, 5.74) is 2.57. The number of rotatable bonds is 7. The van der Waals surface area contributed by atoms with E-state index >= 15 is 0 Å². The molecule has 152 valence electrons. The zero-order valence-electron chi connectivity index (χ0n) is 16.1. The van der Waals surface area contributed by atoms with Gasteiger partial charge in [0, 0.05) is 29.6 Å². The number of methoxy groups -OCH3 is 1. The van der Waals surface area contributed by atoms with Crippen LogP contribution in [0.25, 0.3) is 5.69 Å². The van der Waals surface area contributed by atoms with E-state index in [0.29, 0.717) is 22.3 Å². The molecule has 0 bridgehead atoms. The molecule has 0 radical (unpaired) electrons. The number of nitrogens with one attached hydrogen (secondary N) is 1. The van der Waals surface area contributed by atoms with Gasteiger partial charge in [-0.2, -0.15) is 0 Å². The lowest BCUT2D eigenvalue weighted by atomic mass is 10.1. The van der Waals surface area contributed by atoms with Crippen molar-refractivity contribution in [2.75, 3.05) is 12.4 Å². The van der Waals surface area contributed by atoms with Crippen molar-refractivity contribution >= 4 is 34.0 Å². The number of thiazole rings is 1. The van der Waals surface area contributed by atoms with Gasteiger partial charge in [0.2, 0.25) is 0 Å². The topological polar surface area (TPSA) is 81.9 Å². The zero-order chi connectivity index (χ0) is 20.9. The molecule has 30 heavy (non-hydrogen) atoms. The molecular formula is C21H18ClN5O2S. The van der Waals surface area contributed by atoms with Crippen molar-refractivity contribution in [3.8, 4) is 5.69 Å². The van der Waals surface area contributed by atoms with E-state index in [1.807, 2.05) is 54.6 Å². The Labute approximate surface area is 182 Å². The summed E-state index contributed by atoms with van der Waals surface area (Å²) in [7, 11) is 1.56. The predicted molar refractivity (Wildman–Crippen MR) is 116 cm³/mol. The maximum atomic E-state index is 12.8. The molecule has 0 saturated carbocycles. The van der Waals surface area contributed by atoms with Crippen LogP contribution in [0.2, 0.25) is 5.02 Å². The van der Waals surface area contributed by atoms with Crippen LogP contribution >= 0.6 is 22.9 Å². The van der Waals surface area contributed by atoms with Crippen LogP contribution < -0.4 is 5.32 Å². The first-order valence-corrected chi connectivity index (χ1v) is 10.3. The third kappa shape index (κ3) is 4.40. The minimum atomic E-state index is -0.386. The van der Waals surface area contributed by atoms with Gasteiger partial charge in [-0.1, -0.05) is 53.2 Å². The van der Waals surface area contributed by atoms with E-state index in [9.17, 15) is 4.79 Å². The number of aromatic nitrogens is 4. The number of para-hydroxylation sites is 1. The fourth-order valence-corrected chi connectivity index (χ4v) is 3.99. The first-order chi connectivity index (χ1) is 14.7. The lowest BCUT2D eigenvalue weighted by Crippen LogP contribution is -2.15. The molecule has 0 aliphatic carbocycles. The number of anilines is 1. The first-order valence-electron chi connectivity index (χ1n) is 9.14. The SMILES string of the molecule is COCc1c(C(=O)Nc2ncc(Cc3ccccc3Cl)s2)nnn1-c1ccccc1. The molecule has 0 unspecified atom stereocenters. The molecule has 2 heterocycles. The van der Waals surface area contributed by atoms with E-state index < -0.39 is 0 Å². The van der Waals surface area contributed by atoms with E-state index in [1.54, 1.807) is 18.0 Å². The Kier molecular flexibility index (Phi) is 6.18. The second-order valence-electron chi connectivity index (χ2n) is 6.42. The third-order valence-corrected chi connectivity index (χ3v) is 5.64. The summed E-state index contributed by atoms with van der Waals surface area (Å²) in [6, 6.07) is 17.1. The Morgan fingerprint density at radius 2 is 1.93 bits per heavy atom. The van der Waals surface area contributed by atoms with E-state index in [2.05, 4.69) is 20.6 Å². The van der Waals surface area contributed by atoms with E-state index in [0.717, 1.165) is 16.1 Å². The van der Waals surface area contributed by atoms with E-state index in [-0.39, 0.29) is 18.2 Å². The summed E-state index contributed by atoms with van der Waals surface area (Å²) in [5, 5.41) is 12.2. The normalized spacial score (nSPS) is 10.9. The molecule has 0 spiro atoms. The first kappa shape index (κ1) is 20.2. The molecule has 2 aromatic carbocycles. The van der Waals surface area contributed by atoms with Crippen LogP contribution in [-0.2, 0) is 17.8 Å². The molecule has 4 aromatic rings. The minimum absolute atomic E-state index is 0.195. The quantitative estimate of drug-likeness (QED) is 0.462. The Morgan fingerprint density at radius 3 is 2.70 bits per heavy atom. The summed E-state index contributed by atoms with van der Waals surface area (Å²) in [4.78, 5) is 18.1. The second-order valence-corrected chi connectivity index (χ2v) is 7.94. The number of benzene rings is 2. The number of carbonyl (C=O) groups excluding carboxylic acids is 1. The van der Waals surface area contributed by atoms with Crippen molar-refractivity contribution < 1.29 is 9.53 Å². The van der Waals surface area contributed by atoms with Gasteiger partial charge in [-0.25, -0.2) is 9.67 Å². The fourth-order valence-electron chi connectivity index (χ4n) is 2.95. The molecule has 0 aliphatic rings. The molecule has 0 atom stereocenters. The number of hydrogen-bond acceptors (Lipinski definition) is 6. The Morgan fingerprint density at radius 1 is 1.17 bits per heavy atom. The van der Waals surface area contributed by atoms with Gasteiger partial charge in [0.25, 0.3) is 5.91 Å². The van der Waals surface area contributed by atoms with Gasteiger partial charge < -0.3 is 4.74 Å². The zero-order valence-corrected chi connectivity index (χ0v) is 17.7. The van der Waals surface area contributed by atoms with Gasteiger partial charge >= 0.3 is 0 Å². The predicted octanol–water partition coefficient (Wildman–Crippen LogP) is 4.37. The molecule has 1 N–H and O–H groups in total. The Hall–Kier alpha value is -3.07. The molecule has 9 heteroatoms. The van der Waals surface area contributed by atoms with Crippen molar-refractivity contribution in [2.24, 2.45) is 0 Å². The Bertz CT molecular complexity index is 1160. The minimum Gasteiger partial charge on any atom is -0.378 e. The molecule has 1 amide bonds. The Balaban J connectivity index is 1.53. The number of ether oxygens (including phenoxy) is 1. The van der Waals surface area contributed by atoms with Crippen LogP contribution in [0.4, 0.5) is 5.13 Å². The van der Waals surface area contributed by atoms with Crippen LogP contribution in [0.3, 0.4) is 0 Å². The monoisotopic (exact) mass is 439 g/mol. The fraction of sp³-hybridized carbons (Fsp3) is 0.143. The lowest BCUT2D eigenvalue weighted by molar-refractivity contribution is 0.101. The molecule has 0 saturated heterocycles. The highest BCUT2D eigenvalue weighted by Gasteiger charge is 2.21. The molecule has 0 fully saturated rings. The summed E-state index contributed by atoms with van der Waals surface area (Å²) < 4.78 is 6.87. The van der Waals surface area contributed by atoms with Gasteiger partial charge in [0.05, 0.1) is 12.3 Å². The largest absolute Gasteiger partial charge is 0.378 e. The molecular weight excluding hydrogens is 422 g/mol. The maximum Gasteiger partial charge on any atom is 0.280 e. The molecule has 2 aromatic heterocycles. The highest BCUT2D eigenvalue weighted by Crippen LogP contribution is 2.25. The molecule has 7 nitrogen and oxygen atoms in total. The highest BCUT2D eigenvalue weighted by molar-refractivity contribution is 7.15. The van der Waals surface area contributed by atoms with Crippen molar-refractivity contribution in [2.45, 2.75) is 13.0 Å². The number of halogens is 1. The van der Waals surface area contributed by atoms with E-state index in [4.69, 9.17) is 16.3 Å². The van der Waals surface area contributed by atoms with E-state index in [1.165, 1.54) is 11.3 Å². The van der Waals surface area contributed by atoms with Crippen LogP contribution in [-0.4, -0.2) is 33.0 Å². The van der Waals surface area contributed by atoms with Gasteiger partial charge in [-0.05, 0) is 23.8 Å². The third-order valence-electron chi connectivity index (χ3n) is 4.36. The second kappa shape index (κ2) is 9.17. The molecule has 4 rings (SSSR count).